The number of nitrogens with zero attached hydrogens (tertiary/aromatic N) is 1. The molecule has 1 aromatic rings. The van der Waals surface area contributed by atoms with Crippen LogP contribution in [0.25, 0.3) is 0 Å². The minimum absolute atomic E-state index is 0.0152. The van der Waals surface area contributed by atoms with Gasteiger partial charge < -0.3 is 14.7 Å². The third kappa shape index (κ3) is 5.75. The molecule has 0 radical (unpaired) electrons. The van der Waals surface area contributed by atoms with Crippen LogP contribution in [0.15, 0.2) is 24.3 Å². The number of carboxylic acids is 1. The number of carboxylic acid groups (broad SMARTS) is 1. The van der Waals surface area contributed by atoms with Crippen LogP contribution in [-0.2, 0) is 16.0 Å². The molecule has 0 unspecified atom stereocenters. The highest BCUT2D eigenvalue weighted by molar-refractivity contribution is 5.79. The van der Waals surface area contributed by atoms with E-state index in [1.807, 2.05) is 0 Å². The van der Waals surface area contributed by atoms with Gasteiger partial charge in [0.1, 0.15) is 5.75 Å². The maximum atomic E-state index is 12.2. The second-order valence-corrected chi connectivity index (χ2v) is 5.79. The molecular formula is C16H18F3NO4. The predicted octanol–water partition coefficient (Wildman–Crippen LogP) is 2.84. The Bertz CT molecular complexity index is 595. The van der Waals surface area contributed by atoms with Crippen molar-refractivity contribution in [3.8, 4) is 5.75 Å². The molecule has 132 valence electrons. The first-order valence-corrected chi connectivity index (χ1v) is 7.57. The van der Waals surface area contributed by atoms with E-state index < -0.39 is 12.3 Å². The van der Waals surface area contributed by atoms with Crippen LogP contribution in [0.1, 0.15) is 24.8 Å². The third-order valence-corrected chi connectivity index (χ3v) is 3.92. The van der Waals surface area contributed by atoms with Crippen LogP contribution < -0.4 is 4.74 Å². The zero-order chi connectivity index (χ0) is 17.7. The average Bonchev–Trinajstić information content (AvgIpc) is 2.45. The van der Waals surface area contributed by atoms with Gasteiger partial charge in [-0.15, -0.1) is 13.2 Å². The van der Waals surface area contributed by atoms with Crippen LogP contribution in [0.4, 0.5) is 13.2 Å². The number of aliphatic carboxylic acids is 1. The summed E-state index contributed by atoms with van der Waals surface area (Å²) < 4.78 is 40.5. The molecule has 1 saturated heterocycles. The number of rotatable bonds is 5. The average molecular weight is 345 g/mol. The van der Waals surface area contributed by atoms with Gasteiger partial charge in [0, 0.05) is 19.5 Å². The molecule has 1 N–H and O–H groups in total. The number of carbonyl (C=O) groups excluding carboxylic acids is 1. The molecule has 2 rings (SSSR count). The first-order chi connectivity index (χ1) is 11.2. The molecule has 0 aliphatic carbocycles. The Morgan fingerprint density at radius 3 is 2.50 bits per heavy atom. The van der Waals surface area contributed by atoms with E-state index in [1.54, 1.807) is 11.0 Å². The molecule has 0 atom stereocenters. The number of piperidine rings is 1. The van der Waals surface area contributed by atoms with Gasteiger partial charge in [-0.25, -0.2) is 0 Å². The van der Waals surface area contributed by atoms with E-state index >= 15 is 0 Å². The monoisotopic (exact) mass is 345 g/mol. The Labute approximate surface area is 137 Å². The second-order valence-electron chi connectivity index (χ2n) is 5.79. The number of carbonyl (C=O) groups is 2. The van der Waals surface area contributed by atoms with Crippen LogP contribution in [0, 0.1) is 5.92 Å². The Morgan fingerprint density at radius 2 is 1.92 bits per heavy atom. The molecule has 0 saturated carbocycles. The summed E-state index contributed by atoms with van der Waals surface area (Å²) in [6.45, 7) is 0.936. The van der Waals surface area contributed by atoms with Crippen LogP contribution in [0.2, 0.25) is 0 Å². The van der Waals surface area contributed by atoms with E-state index in [9.17, 15) is 22.8 Å². The van der Waals surface area contributed by atoms with Crippen molar-refractivity contribution in [3.05, 3.63) is 29.8 Å². The zero-order valence-corrected chi connectivity index (χ0v) is 12.9. The van der Waals surface area contributed by atoms with Crippen molar-refractivity contribution in [1.82, 2.24) is 4.90 Å². The van der Waals surface area contributed by atoms with E-state index in [0.29, 0.717) is 31.5 Å². The molecule has 24 heavy (non-hydrogen) atoms. The molecule has 1 aromatic carbocycles. The van der Waals surface area contributed by atoms with Gasteiger partial charge in [-0.05, 0) is 36.5 Å². The molecule has 0 spiro atoms. The summed E-state index contributed by atoms with van der Waals surface area (Å²) >= 11 is 0. The van der Waals surface area contributed by atoms with E-state index in [4.69, 9.17) is 5.11 Å². The van der Waals surface area contributed by atoms with Crippen LogP contribution in [0.5, 0.6) is 5.75 Å². The SMILES string of the molecule is O=C(O)CC1CCN(C(=O)Cc2cccc(OC(F)(F)F)c2)CC1. The van der Waals surface area contributed by atoms with E-state index in [0.717, 1.165) is 0 Å². The highest BCUT2D eigenvalue weighted by Crippen LogP contribution is 2.24. The lowest BCUT2D eigenvalue weighted by Gasteiger charge is -2.31. The smallest absolute Gasteiger partial charge is 0.481 e. The first-order valence-electron chi connectivity index (χ1n) is 7.57. The summed E-state index contributed by atoms with van der Waals surface area (Å²) in [5.41, 5.74) is 0.439. The van der Waals surface area contributed by atoms with Gasteiger partial charge in [0.25, 0.3) is 0 Å². The lowest BCUT2D eigenvalue weighted by Crippen LogP contribution is -2.39. The van der Waals surface area contributed by atoms with E-state index in [2.05, 4.69) is 4.74 Å². The number of halogens is 3. The quantitative estimate of drug-likeness (QED) is 0.891. The van der Waals surface area contributed by atoms with Gasteiger partial charge >= 0.3 is 12.3 Å². The normalized spacial score (nSPS) is 16.0. The third-order valence-electron chi connectivity index (χ3n) is 3.92. The molecule has 1 amide bonds. The summed E-state index contributed by atoms with van der Waals surface area (Å²) in [5, 5.41) is 8.77. The maximum Gasteiger partial charge on any atom is 0.573 e. The molecule has 1 fully saturated rings. The van der Waals surface area contributed by atoms with Gasteiger partial charge in [-0.1, -0.05) is 12.1 Å². The first kappa shape index (κ1) is 18.1. The Hall–Kier alpha value is -2.25. The number of hydrogen-bond acceptors (Lipinski definition) is 3. The number of ether oxygens (including phenoxy) is 1. The van der Waals surface area contributed by atoms with E-state index in [1.165, 1.54) is 18.2 Å². The van der Waals surface area contributed by atoms with Crippen molar-refractivity contribution in [2.75, 3.05) is 13.1 Å². The van der Waals surface area contributed by atoms with Crippen molar-refractivity contribution in [1.29, 1.82) is 0 Å². The Morgan fingerprint density at radius 1 is 1.25 bits per heavy atom. The fourth-order valence-corrected chi connectivity index (χ4v) is 2.77. The van der Waals surface area contributed by atoms with Crippen LogP contribution in [0.3, 0.4) is 0 Å². The highest BCUT2D eigenvalue weighted by atomic mass is 19.4. The van der Waals surface area contributed by atoms with E-state index in [-0.39, 0.29) is 30.4 Å². The minimum Gasteiger partial charge on any atom is -0.481 e. The second kappa shape index (κ2) is 7.55. The number of benzene rings is 1. The fraction of sp³-hybridized carbons (Fsp3) is 0.500. The largest absolute Gasteiger partial charge is 0.573 e. The topological polar surface area (TPSA) is 66.8 Å². The summed E-state index contributed by atoms with van der Waals surface area (Å²) in [5.74, 6) is -1.32. The van der Waals surface area contributed by atoms with Crippen molar-refractivity contribution in [2.24, 2.45) is 5.92 Å². The molecule has 0 bridgehead atoms. The highest BCUT2D eigenvalue weighted by Gasteiger charge is 2.31. The van der Waals surface area contributed by atoms with Gasteiger partial charge in [-0.2, -0.15) is 0 Å². The predicted molar refractivity (Wildman–Crippen MR) is 78.4 cm³/mol. The standard InChI is InChI=1S/C16H18F3NO4/c17-16(18,19)24-13-3-1-2-12(8-13)9-14(21)20-6-4-11(5-7-20)10-15(22)23/h1-3,8,11H,4-7,9-10H2,(H,22,23). The van der Waals surface area contributed by atoms with Crippen LogP contribution >= 0.6 is 0 Å². The maximum absolute atomic E-state index is 12.2. The van der Waals surface area contributed by atoms with Crippen molar-refractivity contribution in [2.45, 2.75) is 32.0 Å². The number of amides is 1. The summed E-state index contributed by atoms with van der Waals surface area (Å²) in [6, 6.07) is 5.35. The van der Waals surface area contributed by atoms with Gasteiger partial charge in [0.05, 0.1) is 6.42 Å². The minimum atomic E-state index is -4.77. The van der Waals surface area contributed by atoms with Crippen molar-refractivity contribution in [3.63, 3.8) is 0 Å². The summed E-state index contributed by atoms with van der Waals surface area (Å²) in [4.78, 5) is 24.5. The Balaban J connectivity index is 1.89. The molecule has 5 nitrogen and oxygen atoms in total. The number of hydrogen-bond donors (Lipinski definition) is 1. The van der Waals surface area contributed by atoms with Gasteiger partial charge in [0.15, 0.2) is 0 Å². The molecule has 1 aliphatic heterocycles. The molecular weight excluding hydrogens is 327 g/mol. The fourth-order valence-electron chi connectivity index (χ4n) is 2.77. The lowest BCUT2D eigenvalue weighted by atomic mass is 9.93. The van der Waals surface area contributed by atoms with Crippen molar-refractivity contribution >= 4 is 11.9 Å². The molecule has 0 aromatic heterocycles. The van der Waals surface area contributed by atoms with Gasteiger partial charge in [-0.3, -0.25) is 9.59 Å². The number of alkyl halides is 3. The summed E-state index contributed by atoms with van der Waals surface area (Å²) in [6.07, 6.45) is -3.45. The Kier molecular flexibility index (Phi) is 5.69. The van der Waals surface area contributed by atoms with Crippen LogP contribution in [-0.4, -0.2) is 41.3 Å². The molecule has 1 aliphatic rings. The lowest BCUT2D eigenvalue weighted by molar-refractivity contribution is -0.274. The number of likely N-dealkylation sites (tertiary alicyclic amines) is 1. The zero-order valence-electron chi connectivity index (χ0n) is 12.9. The molecule has 8 heteroatoms. The summed E-state index contributed by atoms with van der Waals surface area (Å²) in [7, 11) is 0. The van der Waals surface area contributed by atoms with Crippen molar-refractivity contribution < 1.29 is 32.6 Å². The van der Waals surface area contributed by atoms with Gasteiger partial charge in [0.2, 0.25) is 5.91 Å². The molecule has 1 heterocycles.